The summed E-state index contributed by atoms with van der Waals surface area (Å²) in [5.74, 6) is 0. The first-order chi connectivity index (χ1) is 14.0. The molecule has 5 rings (SSSR count). The van der Waals surface area contributed by atoms with Gasteiger partial charge in [0.05, 0.1) is 30.3 Å². The van der Waals surface area contributed by atoms with Crippen molar-refractivity contribution in [3.05, 3.63) is 58.5 Å². The van der Waals surface area contributed by atoms with E-state index in [1.807, 2.05) is 41.1 Å². The molecule has 0 atom stereocenters. The summed E-state index contributed by atoms with van der Waals surface area (Å²) < 4.78 is 35.7. The van der Waals surface area contributed by atoms with E-state index >= 15 is 0 Å². The van der Waals surface area contributed by atoms with Crippen LogP contribution in [0.1, 0.15) is 11.3 Å². The van der Waals surface area contributed by atoms with Crippen LogP contribution in [0.2, 0.25) is 0 Å². The zero-order chi connectivity index (χ0) is 20.0. The second kappa shape index (κ2) is 7.39. The van der Waals surface area contributed by atoms with Crippen molar-refractivity contribution >= 4 is 37.3 Å². The van der Waals surface area contributed by atoms with Gasteiger partial charge in [-0.2, -0.15) is 4.31 Å². The maximum Gasteiger partial charge on any atom is 0.243 e. The van der Waals surface area contributed by atoms with Gasteiger partial charge in [-0.1, -0.05) is 0 Å². The molecule has 152 valence electrons. The lowest BCUT2D eigenvalue weighted by atomic mass is 10.2. The van der Waals surface area contributed by atoms with E-state index in [1.54, 1.807) is 6.07 Å². The van der Waals surface area contributed by atoms with Gasteiger partial charge < -0.3 is 14.0 Å². The first-order valence-electron chi connectivity index (χ1n) is 9.60. The number of fused-ring (bicyclic) bond motifs is 2. The molecule has 9 heteroatoms. The molecule has 2 aliphatic rings. The summed E-state index contributed by atoms with van der Waals surface area (Å²) in [6.45, 7) is 3.28. The molecular formula is C20H21BrN4O3S. The summed E-state index contributed by atoms with van der Waals surface area (Å²) >= 11 is 3.48. The molecular weight excluding hydrogens is 456 g/mol. The molecule has 0 radical (unpaired) electrons. The van der Waals surface area contributed by atoms with Crippen LogP contribution in [0.5, 0.6) is 0 Å². The topological polar surface area (TPSA) is 67.2 Å². The molecule has 2 aromatic heterocycles. The molecule has 3 aromatic rings. The number of hydrogen-bond acceptors (Lipinski definition) is 5. The Bertz CT molecular complexity index is 1170. The highest BCUT2D eigenvalue weighted by atomic mass is 79.9. The molecule has 2 aliphatic heterocycles. The molecule has 0 N–H and O–H groups in total. The van der Waals surface area contributed by atoms with Crippen LogP contribution in [0, 0.1) is 0 Å². The minimum atomic E-state index is -3.47. The van der Waals surface area contributed by atoms with Crippen LogP contribution in [0.15, 0.2) is 52.1 Å². The Morgan fingerprint density at radius 3 is 2.72 bits per heavy atom. The summed E-state index contributed by atoms with van der Waals surface area (Å²) in [6.07, 6.45) is 4.86. The summed E-state index contributed by atoms with van der Waals surface area (Å²) in [4.78, 5) is 7.33. The first-order valence-corrected chi connectivity index (χ1v) is 11.8. The van der Waals surface area contributed by atoms with E-state index in [4.69, 9.17) is 9.72 Å². The van der Waals surface area contributed by atoms with Crippen molar-refractivity contribution in [1.29, 1.82) is 0 Å². The lowest BCUT2D eigenvalue weighted by Crippen LogP contribution is -2.40. The molecule has 0 saturated carbocycles. The fourth-order valence-electron chi connectivity index (χ4n) is 4.00. The normalized spacial score (nSPS) is 17.8. The van der Waals surface area contributed by atoms with Crippen LogP contribution < -0.4 is 4.90 Å². The minimum Gasteiger partial charge on any atom is -0.379 e. The Morgan fingerprint density at radius 1 is 1.07 bits per heavy atom. The highest BCUT2D eigenvalue weighted by Gasteiger charge is 2.28. The zero-order valence-electron chi connectivity index (χ0n) is 15.8. The van der Waals surface area contributed by atoms with Crippen LogP contribution >= 0.6 is 15.9 Å². The van der Waals surface area contributed by atoms with Gasteiger partial charge in [0.25, 0.3) is 0 Å². The van der Waals surface area contributed by atoms with Crippen molar-refractivity contribution in [3.63, 3.8) is 0 Å². The Labute approximate surface area is 178 Å². The van der Waals surface area contributed by atoms with Crippen molar-refractivity contribution < 1.29 is 13.2 Å². The molecule has 0 aliphatic carbocycles. The lowest BCUT2D eigenvalue weighted by Gasteiger charge is -2.26. The molecule has 4 heterocycles. The number of morpholine rings is 1. The molecule has 0 amide bonds. The van der Waals surface area contributed by atoms with Crippen molar-refractivity contribution in [2.45, 2.75) is 17.9 Å². The van der Waals surface area contributed by atoms with E-state index in [0.29, 0.717) is 37.7 Å². The molecule has 7 nitrogen and oxygen atoms in total. The maximum absolute atomic E-state index is 12.9. The number of nitrogens with zero attached hydrogens (tertiary/aromatic N) is 4. The highest BCUT2D eigenvalue weighted by molar-refractivity contribution is 9.10. The minimum absolute atomic E-state index is 0.373. The third-order valence-electron chi connectivity index (χ3n) is 5.47. The number of sulfonamides is 1. The van der Waals surface area contributed by atoms with Crippen LogP contribution in [0.25, 0.3) is 5.65 Å². The van der Waals surface area contributed by atoms with E-state index in [9.17, 15) is 8.42 Å². The number of aromatic nitrogens is 2. The molecule has 1 fully saturated rings. The van der Waals surface area contributed by atoms with Gasteiger partial charge in [0.2, 0.25) is 10.0 Å². The number of rotatable bonds is 4. The van der Waals surface area contributed by atoms with Gasteiger partial charge in [0, 0.05) is 42.2 Å². The molecule has 0 unspecified atom stereocenters. The molecule has 0 bridgehead atoms. The van der Waals surface area contributed by atoms with Crippen molar-refractivity contribution in [3.8, 4) is 0 Å². The zero-order valence-corrected chi connectivity index (χ0v) is 18.2. The van der Waals surface area contributed by atoms with Crippen LogP contribution in [-0.4, -0.2) is 55.0 Å². The number of hydrogen-bond donors (Lipinski definition) is 0. The lowest BCUT2D eigenvalue weighted by molar-refractivity contribution is 0.0730. The Hall–Kier alpha value is -1.94. The summed E-state index contributed by atoms with van der Waals surface area (Å²) in [5.41, 5.74) is 4.06. The number of benzene rings is 1. The Balaban J connectivity index is 1.38. The van der Waals surface area contributed by atoms with Crippen LogP contribution in [0.3, 0.4) is 0 Å². The maximum atomic E-state index is 12.9. The predicted molar refractivity (Wildman–Crippen MR) is 114 cm³/mol. The van der Waals surface area contributed by atoms with Crippen molar-refractivity contribution in [1.82, 2.24) is 13.7 Å². The van der Waals surface area contributed by atoms with E-state index in [-0.39, 0.29) is 0 Å². The Morgan fingerprint density at radius 2 is 1.90 bits per heavy atom. The second-order valence-corrected chi connectivity index (χ2v) is 10.2. The second-order valence-electron chi connectivity index (χ2n) is 7.32. The fourth-order valence-corrected chi connectivity index (χ4v) is 5.81. The number of pyridine rings is 1. The van der Waals surface area contributed by atoms with Gasteiger partial charge in [-0.15, -0.1) is 0 Å². The standard InChI is InChI=1S/C20H21BrN4O3S/c21-16-1-4-20-22-17(14-24(20)12-16)13-23-6-5-15-11-18(2-3-19(15)23)29(26,27)25-7-9-28-10-8-25/h1-4,11-12,14H,5-10,13H2. The van der Waals surface area contributed by atoms with Gasteiger partial charge in [-0.05, 0) is 58.2 Å². The van der Waals surface area contributed by atoms with Gasteiger partial charge >= 0.3 is 0 Å². The van der Waals surface area contributed by atoms with Crippen LogP contribution in [-0.2, 0) is 27.7 Å². The van der Waals surface area contributed by atoms with Gasteiger partial charge in [-0.3, -0.25) is 0 Å². The number of anilines is 1. The average molecular weight is 477 g/mol. The Kier molecular flexibility index (Phi) is 4.85. The van der Waals surface area contributed by atoms with E-state index in [1.165, 1.54) is 4.31 Å². The molecule has 0 spiro atoms. The number of imidazole rings is 1. The van der Waals surface area contributed by atoms with Gasteiger partial charge in [0.1, 0.15) is 5.65 Å². The monoisotopic (exact) mass is 476 g/mol. The third-order valence-corrected chi connectivity index (χ3v) is 7.83. The van der Waals surface area contributed by atoms with E-state index in [2.05, 4.69) is 20.8 Å². The van der Waals surface area contributed by atoms with Crippen molar-refractivity contribution in [2.24, 2.45) is 0 Å². The largest absolute Gasteiger partial charge is 0.379 e. The first kappa shape index (κ1) is 19.0. The quantitative estimate of drug-likeness (QED) is 0.578. The van der Waals surface area contributed by atoms with Gasteiger partial charge in [0.15, 0.2) is 0 Å². The summed E-state index contributed by atoms with van der Waals surface area (Å²) in [5, 5.41) is 0. The average Bonchev–Trinajstić information content (AvgIpc) is 3.31. The summed E-state index contributed by atoms with van der Waals surface area (Å²) in [7, 11) is -3.47. The summed E-state index contributed by atoms with van der Waals surface area (Å²) in [6, 6.07) is 9.45. The fraction of sp³-hybridized carbons (Fsp3) is 0.350. The van der Waals surface area contributed by atoms with E-state index < -0.39 is 10.0 Å². The third kappa shape index (κ3) is 3.56. The molecule has 1 saturated heterocycles. The SMILES string of the molecule is O=S(=O)(c1ccc2c(c1)CCN2Cc1cn2cc(Br)ccc2n1)N1CCOCC1. The van der Waals surface area contributed by atoms with Crippen molar-refractivity contribution in [2.75, 3.05) is 37.7 Å². The number of halogens is 1. The molecule has 1 aromatic carbocycles. The van der Waals surface area contributed by atoms with Gasteiger partial charge in [-0.25, -0.2) is 13.4 Å². The number of ether oxygens (including phenoxy) is 1. The molecule has 29 heavy (non-hydrogen) atoms. The smallest absolute Gasteiger partial charge is 0.243 e. The van der Waals surface area contributed by atoms with Crippen LogP contribution in [0.4, 0.5) is 5.69 Å². The van der Waals surface area contributed by atoms with E-state index in [0.717, 1.165) is 40.0 Å². The highest BCUT2D eigenvalue weighted by Crippen LogP contribution is 2.32. The predicted octanol–water partition coefficient (Wildman–Crippen LogP) is 2.68.